The van der Waals surface area contributed by atoms with Crippen LogP contribution < -0.4 is 15.8 Å². The van der Waals surface area contributed by atoms with Crippen molar-refractivity contribution in [2.45, 2.75) is 13.0 Å². The maximum atomic E-state index is 11.6. The summed E-state index contributed by atoms with van der Waals surface area (Å²) in [5.41, 5.74) is 5.45. The average Bonchev–Trinajstić information content (AvgIpc) is 2.44. The van der Waals surface area contributed by atoms with Gasteiger partial charge in [-0.3, -0.25) is 4.79 Å². The maximum absolute atomic E-state index is 11.6. The van der Waals surface area contributed by atoms with E-state index in [2.05, 4.69) is 5.32 Å². The summed E-state index contributed by atoms with van der Waals surface area (Å²) in [5, 5.41) is 4.86. The van der Waals surface area contributed by atoms with Gasteiger partial charge in [-0.2, -0.15) is 0 Å². The number of hydrogen-bond acceptors (Lipinski definition) is 3. The van der Waals surface area contributed by atoms with Crippen LogP contribution in [-0.4, -0.2) is 25.1 Å². The fraction of sp³-hybridized carbons (Fsp3) is 0.267. The third-order valence-electron chi connectivity index (χ3n) is 2.87. The number of ether oxygens (including phenoxy) is 1. The summed E-state index contributed by atoms with van der Waals surface area (Å²) < 4.78 is 5.57. The average molecular weight is 295 g/mol. The molecule has 0 bridgehead atoms. The Bertz CT molecular complexity index is 569. The van der Waals surface area contributed by atoms with Gasteiger partial charge in [0.2, 0.25) is 0 Å². The van der Waals surface area contributed by atoms with Crippen LogP contribution in [0.5, 0.6) is 5.75 Å². The molecule has 0 aliphatic rings. The van der Waals surface area contributed by atoms with Gasteiger partial charge in [-0.15, -0.1) is 12.4 Å². The van der Waals surface area contributed by atoms with Crippen LogP contribution in [0.4, 0.5) is 0 Å². The van der Waals surface area contributed by atoms with E-state index in [-0.39, 0.29) is 31.0 Å². The molecule has 4 nitrogen and oxygen atoms in total. The lowest BCUT2D eigenvalue weighted by Crippen LogP contribution is -2.40. The van der Waals surface area contributed by atoms with Gasteiger partial charge >= 0.3 is 0 Å². The predicted octanol–water partition coefficient (Wildman–Crippen LogP) is 2.10. The number of carbonyl (C=O) groups is 1. The summed E-state index contributed by atoms with van der Waals surface area (Å²) in [6, 6.07) is 13.7. The normalized spacial score (nSPS) is 11.5. The number of halogens is 1. The van der Waals surface area contributed by atoms with E-state index in [1.165, 1.54) is 0 Å². The van der Waals surface area contributed by atoms with E-state index in [0.29, 0.717) is 12.3 Å². The lowest BCUT2D eigenvalue weighted by atomic mass is 10.1. The van der Waals surface area contributed by atoms with Crippen molar-refractivity contribution in [1.82, 2.24) is 5.32 Å². The lowest BCUT2D eigenvalue weighted by Gasteiger charge is -2.13. The zero-order chi connectivity index (χ0) is 13.7. The molecule has 1 amide bonds. The molecule has 3 N–H and O–H groups in total. The number of carbonyl (C=O) groups excluding carboxylic acids is 1. The third kappa shape index (κ3) is 4.11. The largest absolute Gasteiger partial charge is 0.483 e. The molecule has 0 spiro atoms. The van der Waals surface area contributed by atoms with E-state index in [9.17, 15) is 4.79 Å². The van der Waals surface area contributed by atoms with Crippen molar-refractivity contribution >= 4 is 29.1 Å². The summed E-state index contributed by atoms with van der Waals surface area (Å²) in [4.78, 5) is 11.6. The number of hydrogen-bond donors (Lipinski definition) is 2. The minimum absolute atomic E-state index is 0. The Kier molecular flexibility index (Phi) is 6.28. The summed E-state index contributed by atoms with van der Waals surface area (Å²) in [6.07, 6.45) is 0. The van der Waals surface area contributed by atoms with Crippen LogP contribution in [0, 0.1) is 0 Å². The summed E-state index contributed by atoms with van der Waals surface area (Å²) in [6.45, 7) is 2.27. The highest BCUT2D eigenvalue weighted by Gasteiger charge is 2.07. The number of fused-ring (bicyclic) bond motifs is 1. The minimum Gasteiger partial charge on any atom is -0.483 e. The van der Waals surface area contributed by atoms with Crippen molar-refractivity contribution in [1.29, 1.82) is 0 Å². The highest BCUT2D eigenvalue weighted by Crippen LogP contribution is 2.24. The van der Waals surface area contributed by atoms with Gasteiger partial charge in [0.15, 0.2) is 6.61 Å². The molecule has 0 aliphatic heterocycles. The molecule has 0 aliphatic carbocycles. The summed E-state index contributed by atoms with van der Waals surface area (Å²) in [5.74, 6) is 0.555. The van der Waals surface area contributed by atoms with Crippen molar-refractivity contribution in [3.63, 3.8) is 0 Å². The fourth-order valence-electron chi connectivity index (χ4n) is 1.84. The molecule has 2 rings (SSSR count). The second kappa shape index (κ2) is 7.72. The van der Waals surface area contributed by atoms with Gasteiger partial charge in [-0.1, -0.05) is 36.4 Å². The van der Waals surface area contributed by atoms with E-state index in [4.69, 9.17) is 10.5 Å². The number of benzene rings is 2. The van der Waals surface area contributed by atoms with Gasteiger partial charge in [-0.05, 0) is 18.4 Å². The SMILES string of the molecule is C[C@@H](CN)NC(=O)COc1cccc2ccccc12.Cl. The second-order valence-corrected chi connectivity index (χ2v) is 4.47. The molecule has 108 valence electrons. The molecular formula is C15H19ClN2O2. The van der Waals surface area contributed by atoms with E-state index in [1.54, 1.807) is 0 Å². The molecule has 0 radical (unpaired) electrons. The molecule has 0 heterocycles. The van der Waals surface area contributed by atoms with Crippen LogP contribution in [0.1, 0.15) is 6.92 Å². The predicted molar refractivity (Wildman–Crippen MR) is 83.4 cm³/mol. The first kappa shape index (κ1) is 16.3. The Morgan fingerprint density at radius 3 is 2.70 bits per heavy atom. The molecule has 2 aromatic rings. The molecule has 0 saturated heterocycles. The Morgan fingerprint density at radius 2 is 1.95 bits per heavy atom. The summed E-state index contributed by atoms with van der Waals surface area (Å²) in [7, 11) is 0. The molecular weight excluding hydrogens is 276 g/mol. The van der Waals surface area contributed by atoms with E-state index in [1.807, 2.05) is 49.4 Å². The lowest BCUT2D eigenvalue weighted by molar-refractivity contribution is -0.123. The Morgan fingerprint density at radius 1 is 1.25 bits per heavy atom. The Labute approximate surface area is 124 Å². The van der Waals surface area contributed by atoms with E-state index < -0.39 is 0 Å². The standard InChI is InChI=1S/C15H18N2O2.ClH/c1-11(9-16)17-15(18)10-19-14-8-4-6-12-5-2-3-7-13(12)14;/h2-8,11H,9-10,16H2,1H3,(H,17,18);1H/t11-;/m0./s1. The minimum atomic E-state index is -0.161. The molecule has 2 aromatic carbocycles. The monoisotopic (exact) mass is 294 g/mol. The van der Waals surface area contributed by atoms with Crippen molar-refractivity contribution in [3.05, 3.63) is 42.5 Å². The Balaban J connectivity index is 0.00000200. The first-order valence-electron chi connectivity index (χ1n) is 6.30. The van der Waals surface area contributed by atoms with Crippen LogP contribution >= 0.6 is 12.4 Å². The van der Waals surface area contributed by atoms with E-state index in [0.717, 1.165) is 10.8 Å². The molecule has 5 heteroatoms. The van der Waals surface area contributed by atoms with Crippen LogP contribution in [0.15, 0.2) is 42.5 Å². The van der Waals surface area contributed by atoms with E-state index >= 15 is 0 Å². The zero-order valence-electron chi connectivity index (χ0n) is 11.3. The molecule has 20 heavy (non-hydrogen) atoms. The van der Waals surface area contributed by atoms with Crippen LogP contribution in [-0.2, 0) is 4.79 Å². The van der Waals surface area contributed by atoms with Crippen LogP contribution in [0.3, 0.4) is 0 Å². The van der Waals surface area contributed by atoms with Gasteiger partial charge in [0.1, 0.15) is 5.75 Å². The van der Waals surface area contributed by atoms with Gasteiger partial charge in [0.05, 0.1) is 0 Å². The van der Waals surface area contributed by atoms with Crippen LogP contribution in [0.2, 0.25) is 0 Å². The van der Waals surface area contributed by atoms with Gasteiger partial charge in [0, 0.05) is 18.0 Å². The van der Waals surface area contributed by atoms with Crippen molar-refractivity contribution in [2.24, 2.45) is 5.73 Å². The zero-order valence-corrected chi connectivity index (χ0v) is 12.2. The first-order chi connectivity index (χ1) is 9.20. The fourth-order valence-corrected chi connectivity index (χ4v) is 1.84. The molecule has 0 fully saturated rings. The van der Waals surface area contributed by atoms with Gasteiger partial charge in [0.25, 0.3) is 5.91 Å². The van der Waals surface area contributed by atoms with Gasteiger partial charge < -0.3 is 15.8 Å². The molecule has 0 aromatic heterocycles. The smallest absolute Gasteiger partial charge is 0.258 e. The Hall–Kier alpha value is -1.78. The second-order valence-electron chi connectivity index (χ2n) is 4.47. The number of rotatable bonds is 5. The topological polar surface area (TPSA) is 64.3 Å². The molecule has 0 saturated carbocycles. The summed E-state index contributed by atoms with van der Waals surface area (Å²) >= 11 is 0. The number of amides is 1. The molecule has 0 unspecified atom stereocenters. The number of nitrogens with two attached hydrogens (primary N) is 1. The van der Waals surface area contributed by atoms with Gasteiger partial charge in [-0.25, -0.2) is 0 Å². The third-order valence-corrected chi connectivity index (χ3v) is 2.87. The highest BCUT2D eigenvalue weighted by molar-refractivity contribution is 5.88. The molecule has 1 atom stereocenters. The van der Waals surface area contributed by atoms with Crippen molar-refractivity contribution in [2.75, 3.05) is 13.2 Å². The quantitative estimate of drug-likeness (QED) is 0.887. The highest BCUT2D eigenvalue weighted by atomic mass is 35.5. The van der Waals surface area contributed by atoms with Crippen molar-refractivity contribution in [3.8, 4) is 5.75 Å². The van der Waals surface area contributed by atoms with Crippen molar-refractivity contribution < 1.29 is 9.53 Å². The van der Waals surface area contributed by atoms with Crippen LogP contribution in [0.25, 0.3) is 10.8 Å². The maximum Gasteiger partial charge on any atom is 0.258 e. The first-order valence-corrected chi connectivity index (χ1v) is 6.30. The number of nitrogens with one attached hydrogen (secondary N) is 1.